The fourth-order valence-corrected chi connectivity index (χ4v) is 5.75. The largest absolute Gasteiger partial charge is 0.544 e. The number of nitrogens with zero attached hydrogens (tertiary/aromatic N) is 1. The summed E-state index contributed by atoms with van der Waals surface area (Å²) in [4.78, 5) is 36.8. The van der Waals surface area contributed by atoms with Gasteiger partial charge >= 0.3 is 11.9 Å². The molecule has 0 rings (SSSR count). The first-order valence-electron chi connectivity index (χ1n) is 21.0. The number of hydrogen-bond donors (Lipinski definition) is 0. The molecule has 0 fully saturated rings. The van der Waals surface area contributed by atoms with Gasteiger partial charge in [-0.05, 0) is 32.1 Å². The second-order valence-electron chi connectivity index (χ2n) is 15.0. The molecule has 0 bridgehead atoms. The maximum atomic E-state index is 12.7. The van der Waals surface area contributed by atoms with Crippen molar-refractivity contribution in [2.24, 2.45) is 0 Å². The zero-order chi connectivity index (χ0) is 40.0. The minimum atomic E-state index is -1.14. The number of carbonyl (C=O) groups is 3. The van der Waals surface area contributed by atoms with E-state index in [9.17, 15) is 19.5 Å². The Morgan fingerprint density at radius 3 is 1.54 bits per heavy atom. The molecule has 0 saturated carbocycles. The van der Waals surface area contributed by atoms with E-state index in [1.54, 1.807) is 21.1 Å². The van der Waals surface area contributed by atoms with Gasteiger partial charge in [-0.25, -0.2) is 0 Å². The van der Waals surface area contributed by atoms with Gasteiger partial charge in [-0.2, -0.15) is 0 Å². The van der Waals surface area contributed by atoms with Gasteiger partial charge in [0, 0.05) is 19.3 Å². The fraction of sp³-hybridized carbons (Fsp3) is 0.674. The number of quaternary nitrogens is 1. The van der Waals surface area contributed by atoms with E-state index in [0.717, 1.165) is 44.9 Å². The van der Waals surface area contributed by atoms with Gasteiger partial charge in [-0.15, -0.1) is 0 Å². The van der Waals surface area contributed by atoms with E-state index in [0.29, 0.717) is 12.8 Å². The number of carboxylic acid groups (broad SMARTS) is 1. The molecule has 308 valence electrons. The molecule has 0 saturated heterocycles. The molecule has 0 amide bonds. The molecular weight excluding hydrogens is 679 g/mol. The van der Waals surface area contributed by atoms with Crippen LogP contribution in [0.5, 0.6) is 0 Å². The highest BCUT2D eigenvalue weighted by Gasteiger charge is 2.25. The molecule has 0 aliphatic carbocycles. The van der Waals surface area contributed by atoms with Gasteiger partial charge in [0.05, 0.1) is 40.3 Å². The monoisotopic (exact) mass is 756 g/mol. The SMILES string of the molecule is CC/C=C/C=C/C=C/C=C/C=C/C=C/CCCCCC(=O)OC(COCCC(C(=O)[O-])[N+](C)(C)C)COC(=O)CCCCCCCCCCCCCCC. The predicted octanol–water partition coefficient (Wildman–Crippen LogP) is 9.85. The number of allylic oxidation sites excluding steroid dienone is 12. The Hall–Kier alpha value is -3.23. The van der Waals surface area contributed by atoms with E-state index in [1.807, 2.05) is 60.8 Å². The van der Waals surface area contributed by atoms with Crippen molar-refractivity contribution < 1.29 is 38.2 Å². The van der Waals surface area contributed by atoms with Gasteiger partial charge in [0.15, 0.2) is 6.10 Å². The molecule has 0 radical (unpaired) electrons. The quantitative estimate of drug-likeness (QED) is 0.0272. The van der Waals surface area contributed by atoms with Crippen LogP contribution in [-0.2, 0) is 28.6 Å². The number of hydrogen-bond acceptors (Lipinski definition) is 7. The molecule has 2 atom stereocenters. The average molecular weight is 756 g/mol. The lowest BCUT2D eigenvalue weighted by atomic mass is 10.0. The van der Waals surface area contributed by atoms with Crippen LogP contribution in [0.1, 0.15) is 149 Å². The highest BCUT2D eigenvalue weighted by molar-refractivity contribution is 5.70. The van der Waals surface area contributed by atoms with Gasteiger partial charge in [0.2, 0.25) is 0 Å². The molecule has 0 N–H and O–H groups in total. The minimum absolute atomic E-state index is 0.0200. The molecule has 0 aromatic rings. The average Bonchev–Trinajstić information content (AvgIpc) is 3.12. The highest BCUT2D eigenvalue weighted by atomic mass is 16.6. The summed E-state index contributed by atoms with van der Waals surface area (Å²) in [6, 6.07) is -0.736. The molecule has 8 nitrogen and oxygen atoms in total. The number of ether oxygens (including phenoxy) is 3. The molecule has 0 heterocycles. The van der Waals surface area contributed by atoms with E-state index in [2.05, 4.69) is 26.0 Å². The summed E-state index contributed by atoms with van der Waals surface area (Å²) in [5.41, 5.74) is 0. The Labute approximate surface area is 330 Å². The molecular formula is C46H77NO7. The van der Waals surface area contributed by atoms with Crippen molar-refractivity contribution in [2.75, 3.05) is 41.0 Å². The van der Waals surface area contributed by atoms with Gasteiger partial charge in [0.25, 0.3) is 0 Å². The van der Waals surface area contributed by atoms with E-state index in [-0.39, 0.29) is 49.1 Å². The second-order valence-corrected chi connectivity index (χ2v) is 15.0. The Morgan fingerprint density at radius 1 is 0.574 bits per heavy atom. The van der Waals surface area contributed by atoms with Crippen molar-refractivity contribution >= 4 is 17.9 Å². The van der Waals surface area contributed by atoms with Crippen molar-refractivity contribution in [1.29, 1.82) is 0 Å². The number of aliphatic carboxylic acids is 1. The van der Waals surface area contributed by atoms with Gasteiger partial charge in [-0.3, -0.25) is 9.59 Å². The van der Waals surface area contributed by atoms with Gasteiger partial charge in [0.1, 0.15) is 12.6 Å². The Bertz CT molecular complexity index is 1110. The van der Waals surface area contributed by atoms with Crippen LogP contribution in [-0.4, -0.2) is 75.5 Å². The topological polar surface area (TPSA) is 102 Å². The van der Waals surface area contributed by atoms with Crippen LogP contribution in [0.2, 0.25) is 0 Å². The zero-order valence-corrected chi connectivity index (χ0v) is 34.9. The van der Waals surface area contributed by atoms with Crippen LogP contribution in [0.15, 0.2) is 72.9 Å². The molecule has 0 aliphatic rings. The molecule has 0 aromatic heterocycles. The maximum Gasteiger partial charge on any atom is 0.306 e. The molecule has 0 aromatic carbocycles. The van der Waals surface area contributed by atoms with Crippen LogP contribution < -0.4 is 5.11 Å². The number of esters is 2. The van der Waals surface area contributed by atoms with Crippen LogP contribution in [0.4, 0.5) is 0 Å². The normalized spacial score (nSPS) is 13.7. The summed E-state index contributed by atoms with van der Waals surface area (Å²) >= 11 is 0. The smallest absolute Gasteiger partial charge is 0.306 e. The Kier molecular flexibility index (Phi) is 34.5. The lowest BCUT2D eigenvalue weighted by molar-refractivity contribution is -0.889. The van der Waals surface area contributed by atoms with Crippen molar-refractivity contribution in [1.82, 2.24) is 0 Å². The first kappa shape index (κ1) is 50.8. The number of likely N-dealkylation sites (N-methyl/N-ethyl adjacent to an activating group) is 1. The number of unbranched alkanes of at least 4 members (excludes halogenated alkanes) is 15. The number of rotatable bonds is 36. The standard InChI is InChI=1S/C46H77NO7/c1-6-8-10-12-14-16-18-20-21-22-23-25-27-29-31-33-35-37-45(49)54-42(40-52-39-38-43(46(50)51)47(3,4)5)41-53-44(48)36-34-32-30-28-26-24-19-17-15-13-11-9-7-2/h8,10,12,14,16,18,20-23,25,27,42-43H,6-7,9,11,13,15,17,19,24,26,28-41H2,1-5H3/b10-8+,14-12+,18-16+,21-20+,23-22+,27-25+. The maximum absolute atomic E-state index is 12.7. The molecule has 0 aliphatic heterocycles. The summed E-state index contributed by atoms with van der Waals surface area (Å²) in [6.45, 7) is 4.45. The summed E-state index contributed by atoms with van der Waals surface area (Å²) in [6.07, 6.45) is 44.9. The summed E-state index contributed by atoms with van der Waals surface area (Å²) < 4.78 is 17.1. The van der Waals surface area contributed by atoms with Crippen LogP contribution >= 0.6 is 0 Å². The fourth-order valence-electron chi connectivity index (χ4n) is 5.75. The lowest BCUT2D eigenvalue weighted by Crippen LogP contribution is -2.55. The van der Waals surface area contributed by atoms with Gasteiger partial charge < -0.3 is 28.6 Å². The van der Waals surface area contributed by atoms with Crippen LogP contribution in [0.3, 0.4) is 0 Å². The number of carboxylic acids is 1. The first-order valence-corrected chi connectivity index (χ1v) is 21.0. The van der Waals surface area contributed by atoms with Crippen LogP contribution in [0, 0.1) is 0 Å². The Balaban J connectivity index is 4.49. The van der Waals surface area contributed by atoms with E-state index in [4.69, 9.17) is 14.2 Å². The van der Waals surface area contributed by atoms with Crippen molar-refractivity contribution in [3.8, 4) is 0 Å². The minimum Gasteiger partial charge on any atom is -0.544 e. The third-order valence-electron chi connectivity index (χ3n) is 9.02. The summed E-state index contributed by atoms with van der Waals surface area (Å²) in [7, 11) is 5.38. The lowest BCUT2D eigenvalue weighted by Gasteiger charge is -2.34. The third kappa shape index (κ3) is 34.5. The van der Waals surface area contributed by atoms with E-state index in [1.165, 1.54) is 64.2 Å². The van der Waals surface area contributed by atoms with Crippen LogP contribution in [0.25, 0.3) is 0 Å². The van der Waals surface area contributed by atoms with Gasteiger partial charge in [-0.1, -0.05) is 170 Å². The van der Waals surface area contributed by atoms with E-state index >= 15 is 0 Å². The number of carbonyl (C=O) groups excluding carboxylic acids is 3. The molecule has 0 spiro atoms. The predicted molar refractivity (Wildman–Crippen MR) is 222 cm³/mol. The Morgan fingerprint density at radius 2 is 1.04 bits per heavy atom. The molecule has 8 heteroatoms. The molecule has 2 unspecified atom stereocenters. The van der Waals surface area contributed by atoms with Crippen molar-refractivity contribution in [2.45, 2.75) is 161 Å². The van der Waals surface area contributed by atoms with E-state index < -0.39 is 18.1 Å². The highest BCUT2D eigenvalue weighted by Crippen LogP contribution is 2.14. The van der Waals surface area contributed by atoms with Crippen molar-refractivity contribution in [3.05, 3.63) is 72.9 Å². The second kappa shape index (κ2) is 36.7. The van der Waals surface area contributed by atoms with Crippen molar-refractivity contribution in [3.63, 3.8) is 0 Å². The zero-order valence-electron chi connectivity index (χ0n) is 34.9. The molecule has 54 heavy (non-hydrogen) atoms. The summed E-state index contributed by atoms with van der Waals surface area (Å²) in [5, 5.41) is 11.6. The third-order valence-corrected chi connectivity index (χ3v) is 9.02. The first-order chi connectivity index (χ1) is 26.1. The summed E-state index contributed by atoms with van der Waals surface area (Å²) in [5.74, 6) is -1.80.